The summed E-state index contributed by atoms with van der Waals surface area (Å²) in [6.07, 6.45) is 1.45. The van der Waals surface area contributed by atoms with Crippen molar-refractivity contribution in [2.75, 3.05) is 5.32 Å². The molecule has 0 aliphatic rings. The van der Waals surface area contributed by atoms with Crippen LogP contribution in [0.5, 0.6) is 0 Å². The molecule has 5 nitrogen and oxygen atoms in total. The van der Waals surface area contributed by atoms with Gasteiger partial charge in [-0.1, -0.05) is 41.4 Å². The van der Waals surface area contributed by atoms with Crippen molar-refractivity contribution in [2.45, 2.75) is 6.54 Å². The normalized spacial score (nSPS) is 10.4. The van der Waals surface area contributed by atoms with E-state index < -0.39 is 0 Å². The van der Waals surface area contributed by atoms with Crippen LogP contribution >= 0.6 is 23.2 Å². The van der Waals surface area contributed by atoms with Crippen molar-refractivity contribution in [3.05, 3.63) is 81.8 Å². The molecule has 132 valence electrons. The lowest BCUT2D eigenvalue weighted by atomic mass is 10.2. The number of amides is 1. The molecule has 3 aromatic rings. The van der Waals surface area contributed by atoms with Crippen LogP contribution in [0.4, 0.5) is 16.0 Å². The molecular formula is C18H13Cl2FN4O. The predicted molar refractivity (Wildman–Crippen MR) is 99.3 cm³/mol. The highest BCUT2D eigenvalue weighted by Gasteiger charge is 2.11. The molecule has 0 atom stereocenters. The van der Waals surface area contributed by atoms with Gasteiger partial charge in [0, 0.05) is 12.7 Å². The smallest absolute Gasteiger partial charge is 0.270 e. The quantitative estimate of drug-likeness (QED) is 0.668. The summed E-state index contributed by atoms with van der Waals surface area (Å²) in [6, 6.07) is 12.4. The van der Waals surface area contributed by atoms with Crippen LogP contribution in [0, 0.1) is 5.82 Å². The van der Waals surface area contributed by atoms with Gasteiger partial charge in [0.2, 0.25) is 5.95 Å². The van der Waals surface area contributed by atoms with E-state index in [9.17, 15) is 9.18 Å². The van der Waals surface area contributed by atoms with E-state index in [1.165, 1.54) is 24.4 Å². The van der Waals surface area contributed by atoms with E-state index >= 15 is 0 Å². The first-order valence-electron chi connectivity index (χ1n) is 7.59. The third-order valence-electron chi connectivity index (χ3n) is 3.45. The number of halogens is 3. The Balaban J connectivity index is 1.70. The average molecular weight is 391 g/mol. The number of aromatic nitrogens is 2. The fraction of sp³-hybridized carbons (Fsp3) is 0.0556. The largest absolute Gasteiger partial charge is 0.347 e. The second kappa shape index (κ2) is 8.12. The molecule has 1 heterocycles. The first-order valence-corrected chi connectivity index (χ1v) is 8.35. The molecule has 0 spiro atoms. The number of hydrogen-bond donors (Lipinski definition) is 2. The first kappa shape index (κ1) is 18.1. The molecule has 0 fully saturated rings. The number of nitrogens with one attached hydrogen (secondary N) is 2. The van der Waals surface area contributed by atoms with Crippen LogP contribution in [-0.2, 0) is 6.54 Å². The summed E-state index contributed by atoms with van der Waals surface area (Å²) >= 11 is 12.2. The van der Waals surface area contributed by atoms with Gasteiger partial charge in [-0.05, 0) is 35.9 Å². The Kier molecular flexibility index (Phi) is 5.65. The monoisotopic (exact) mass is 390 g/mol. The number of rotatable bonds is 5. The molecule has 2 aromatic carbocycles. The SMILES string of the molecule is O=C(NCc1ccc(F)cc1)c1ccnc(Nc2c(Cl)cccc2Cl)n1. The van der Waals surface area contributed by atoms with E-state index in [-0.39, 0.29) is 29.9 Å². The minimum atomic E-state index is -0.384. The number of hydrogen-bond acceptors (Lipinski definition) is 4. The van der Waals surface area contributed by atoms with Gasteiger partial charge >= 0.3 is 0 Å². The number of anilines is 2. The van der Waals surface area contributed by atoms with E-state index in [0.29, 0.717) is 15.7 Å². The zero-order chi connectivity index (χ0) is 18.5. The summed E-state index contributed by atoms with van der Waals surface area (Å²) in [5.74, 6) is -0.524. The van der Waals surface area contributed by atoms with E-state index in [0.717, 1.165) is 5.56 Å². The van der Waals surface area contributed by atoms with E-state index in [1.54, 1.807) is 30.3 Å². The number of carbonyl (C=O) groups is 1. The van der Waals surface area contributed by atoms with Gasteiger partial charge in [0.05, 0.1) is 15.7 Å². The van der Waals surface area contributed by atoms with Gasteiger partial charge in [0.15, 0.2) is 0 Å². The molecule has 2 N–H and O–H groups in total. The van der Waals surface area contributed by atoms with Crippen LogP contribution in [0.25, 0.3) is 0 Å². The molecule has 26 heavy (non-hydrogen) atoms. The van der Waals surface area contributed by atoms with Gasteiger partial charge < -0.3 is 10.6 Å². The van der Waals surface area contributed by atoms with Crippen molar-refractivity contribution in [1.82, 2.24) is 15.3 Å². The van der Waals surface area contributed by atoms with Crippen molar-refractivity contribution in [3.8, 4) is 0 Å². The van der Waals surface area contributed by atoms with E-state index in [1.807, 2.05) is 0 Å². The zero-order valence-electron chi connectivity index (χ0n) is 13.3. The molecule has 0 saturated heterocycles. The average Bonchev–Trinajstić information content (AvgIpc) is 2.64. The molecule has 0 bridgehead atoms. The first-order chi connectivity index (χ1) is 12.5. The standard InChI is InChI=1S/C18H13Cl2FN4O/c19-13-2-1-3-14(20)16(13)25-18-22-9-8-15(24-18)17(26)23-10-11-4-6-12(21)7-5-11/h1-9H,10H2,(H,23,26)(H,22,24,25). The molecule has 8 heteroatoms. The van der Waals surface area contributed by atoms with Gasteiger partial charge in [0.1, 0.15) is 11.5 Å². The molecular weight excluding hydrogens is 378 g/mol. The molecule has 0 saturated carbocycles. The maximum atomic E-state index is 12.9. The van der Waals surface area contributed by atoms with Crippen molar-refractivity contribution in [1.29, 1.82) is 0 Å². The van der Waals surface area contributed by atoms with Crippen LogP contribution < -0.4 is 10.6 Å². The predicted octanol–water partition coefficient (Wildman–Crippen LogP) is 4.60. The lowest BCUT2D eigenvalue weighted by Crippen LogP contribution is -2.24. The Hall–Kier alpha value is -2.70. The van der Waals surface area contributed by atoms with Crippen LogP contribution in [0.1, 0.15) is 16.1 Å². The van der Waals surface area contributed by atoms with Crippen molar-refractivity contribution in [3.63, 3.8) is 0 Å². The zero-order valence-corrected chi connectivity index (χ0v) is 14.9. The van der Waals surface area contributed by atoms with Crippen LogP contribution in [-0.4, -0.2) is 15.9 Å². The van der Waals surface area contributed by atoms with Crippen LogP contribution in [0.2, 0.25) is 10.0 Å². The lowest BCUT2D eigenvalue weighted by Gasteiger charge is -2.10. The molecule has 1 amide bonds. The number of benzene rings is 2. The highest BCUT2D eigenvalue weighted by atomic mass is 35.5. The Bertz CT molecular complexity index is 914. The summed E-state index contributed by atoms with van der Waals surface area (Å²) < 4.78 is 12.9. The van der Waals surface area contributed by atoms with Crippen LogP contribution in [0.3, 0.4) is 0 Å². The fourth-order valence-electron chi connectivity index (χ4n) is 2.15. The topological polar surface area (TPSA) is 66.9 Å². The van der Waals surface area contributed by atoms with E-state index in [4.69, 9.17) is 23.2 Å². The second-order valence-corrected chi connectivity index (χ2v) is 6.11. The highest BCUT2D eigenvalue weighted by Crippen LogP contribution is 2.31. The van der Waals surface area contributed by atoms with Gasteiger partial charge in [-0.3, -0.25) is 4.79 Å². The van der Waals surface area contributed by atoms with Crippen molar-refractivity contribution < 1.29 is 9.18 Å². The van der Waals surface area contributed by atoms with E-state index in [2.05, 4.69) is 20.6 Å². The van der Waals surface area contributed by atoms with Crippen molar-refractivity contribution >= 4 is 40.7 Å². The molecule has 0 aliphatic carbocycles. The summed E-state index contributed by atoms with van der Waals surface area (Å²) in [5, 5.41) is 6.44. The molecule has 0 unspecified atom stereocenters. The number of para-hydroxylation sites is 1. The van der Waals surface area contributed by atoms with Gasteiger partial charge in [-0.2, -0.15) is 0 Å². The van der Waals surface area contributed by atoms with Crippen LogP contribution in [0.15, 0.2) is 54.7 Å². The van der Waals surface area contributed by atoms with Gasteiger partial charge in [0.25, 0.3) is 5.91 Å². The molecule has 3 rings (SSSR count). The Morgan fingerprint density at radius 2 is 1.73 bits per heavy atom. The molecule has 0 aliphatic heterocycles. The maximum Gasteiger partial charge on any atom is 0.270 e. The molecule has 1 aromatic heterocycles. The lowest BCUT2D eigenvalue weighted by molar-refractivity contribution is 0.0946. The Labute approximate surface area is 159 Å². The minimum absolute atomic E-state index is 0.174. The fourth-order valence-corrected chi connectivity index (χ4v) is 2.64. The molecule has 0 radical (unpaired) electrons. The second-order valence-electron chi connectivity index (χ2n) is 5.30. The summed E-state index contributed by atoms with van der Waals surface area (Å²) in [7, 11) is 0. The highest BCUT2D eigenvalue weighted by molar-refractivity contribution is 6.39. The Morgan fingerprint density at radius 1 is 1.04 bits per heavy atom. The summed E-state index contributed by atoms with van der Waals surface area (Å²) in [5.41, 5.74) is 1.41. The number of nitrogens with zero attached hydrogens (tertiary/aromatic N) is 2. The minimum Gasteiger partial charge on any atom is -0.347 e. The maximum absolute atomic E-state index is 12.9. The van der Waals surface area contributed by atoms with Crippen molar-refractivity contribution in [2.24, 2.45) is 0 Å². The summed E-state index contributed by atoms with van der Waals surface area (Å²) in [6.45, 7) is 0.252. The number of carbonyl (C=O) groups excluding carboxylic acids is 1. The third kappa shape index (κ3) is 4.47. The third-order valence-corrected chi connectivity index (χ3v) is 4.08. The Morgan fingerprint density at radius 3 is 2.42 bits per heavy atom. The summed E-state index contributed by atoms with van der Waals surface area (Å²) in [4.78, 5) is 20.5. The van der Waals surface area contributed by atoms with Gasteiger partial charge in [-0.15, -0.1) is 0 Å². The van der Waals surface area contributed by atoms with Gasteiger partial charge in [-0.25, -0.2) is 14.4 Å².